The molecule has 0 bridgehead atoms. The highest BCUT2D eigenvalue weighted by Crippen LogP contribution is 2.53. The van der Waals surface area contributed by atoms with Gasteiger partial charge in [-0.1, -0.05) is 159 Å². The van der Waals surface area contributed by atoms with Crippen molar-refractivity contribution in [3.63, 3.8) is 0 Å². The Hall–Kier alpha value is -7.16. The molecule has 270 valence electrons. The predicted octanol–water partition coefficient (Wildman–Crippen LogP) is 15.0. The van der Waals surface area contributed by atoms with E-state index < -0.39 is 0 Å². The lowest BCUT2D eigenvalue weighted by molar-refractivity contribution is 0.661. The lowest BCUT2D eigenvalue weighted by Crippen LogP contribution is -2.14. The maximum atomic E-state index is 2.44. The molecular formula is C55H40N2. The summed E-state index contributed by atoms with van der Waals surface area (Å²) in [5.41, 5.74) is 17.3. The maximum Gasteiger partial charge on any atom is 0.0547 e. The molecule has 0 N–H and O–H groups in total. The van der Waals surface area contributed by atoms with Gasteiger partial charge in [0.05, 0.1) is 11.0 Å². The summed E-state index contributed by atoms with van der Waals surface area (Å²) in [6.45, 7) is 4.72. The van der Waals surface area contributed by atoms with Crippen LogP contribution < -0.4 is 4.90 Å². The maximum absolute atomic E-state index is 2.44. The van der Waals surface area contributed by atoms with Gasteiger partial charge in [-0.2, -0.15) is 0 Å². The Balaban J connectivity index is 0.941. The van der Waals surface area contributed by atoms with Gasteiger partial charge in [0, 0.05) is 38.9 Å². The summed E-state index contributed by atoms with van der Waals surface area (Å²) in [6, 6.07) is 75.3. The Morgan fingerprint density at radius 3 is 1.70 bits per heavy atom. The molecule has 0 aliphatic heterocycles. The molecule has 0 radical (unpaired) electrons. The van der Waals surface area contributed by atoms with Crippen LogP contribution in [-0.4, -0.2) is 4.57 Å². The van der Waals surface area contributed by atoms with E-state index in [0.717, 1.165) is 22.7 Å². The largest absolute Gasteiger partial charge is 0.311 e. The quantitative estimate of drug-likeness (QED) is 0.165. The van der Waals surface area contributed by atoms with Crippen molar-refractivity contribution in [2.45, 2.75) is 19.3 Å². The van der Waals surface area contributed by atoms with Crippen molar-refractivity contribution in [2.24, 2.45) is 0 Å². The Labute approximate surface area is 333 Å². The Morgan fingerprint density at radius 1 is 0.386 bits per heavy atom. The lowest BCUT2D eigenvalue weighted by atomic mass is 9.82. The summed E-state index contributed by atoms with van der Waals surface area (Å²) in [7, 11) is 0. The van der Waals surface area contributed by atoms with Crippen LogP contribution in [0.1, 0.15) is 25.0 Å². The van der Waals surface area contributed by atoms with Gasteiger partial charge in [0.25, 0.3) is 0 Å². The van der Waals surface area contributed by atoms with E-state index in [2.05, 4.69) is 230 Å². The Kier molecular flexibility index (Phi) is 7.55. The summed E-state index contributed by atoms with van der Waals surface area (Å²) in [5, 5.41) is 5.16. The molecule has 1 heterocycles. The van der Waals surface area contributed by atoms with Gasteiger partial charge in [-0.15, -0.1) is 0 Å². The van der Waals surface area contributed by atoms with Crippen LogP contribution in [0, 0.1) is 0 Å². The van der Waals surface area contributed by atoms with Crippen LogP contribution in [0.25, 0.3) is 71.6 Å². The number of nitrogens with zero attached hydrogens (tertiary/aromatic N) is 2. The molecule has 0 spiro atoms. The van der Waals surface area contributed by atoms with Crippen molar-refractivity contribution in [2.75, 3.05) is 4.90 Å². The zero-order valence-corrected chi connectivity index (χ0v) is 32.0. The highest BCUT2D eigenvalue weighted by Gasteiger charge is 2.37. The normalized spacial score (nSPS) is 12.9. The highest BCUT2D eigenvalue weighted by atomic mass is 15.1. The second-order valence-corrected chi connectivity index (χ2v) is 15.7. The molecule has 2 nitrogen and oxygen atoms in total. The summed E-state index contributed by atoms with van der Waals surface area (Å²) in [5.74, 6) is 0. The lowest BCUT2D eigenvalue weighted by Gasteiger charge is -2.26. The topological polar surface area (TPSA) is 8.17 Å². The molecule has 0 atom stereocenters. The number of anilines is 3. The third kappa shape index (κ3) is 5.25. The minimum Gasteiger partial charge on any atom is -0.311 e. The molecule has 1 aliphatic carbocycles. The van der Waals surface area contributed by atoms with Crippen LogP contribution in [0.3, 0.4) is 0 Å². The van der Waals surface area contributed by atoms with Gasteiger partial charge in [0.15, 0.2) is 0 Å². The van der Waals surface area contributed by atoms with E-state index in [-0.39, 0.29) is 5.41 Å². The van der Waals surface area contributed by atoms with Crippen LogP contribution in [0.5, 0.6) is 0 Å². The SMILES string of the molecule is CC1(C)c2ccccc2-c2c1ccc1c2c2ccccc2n1-c1ccc(-c2ccc(N(c3ccccc3)c3ccc(-c4cccc5ccccc45)cc3)cc2)cc1. The van der Waals surface area contributed by atoms with Crippen molar-refractivity contribution in [1.82, 2.24) is 4.57 Å². The van der Waals surface area contributed by atoms with Crippen LogP contribution in [0.4, 0.5) is 17.1 Å². The van der Waals surface area contributed by atoms with Gasteiger partial charge in [-0.05, 0) is 116 Å². The first-order chi connectivity index (χ1) is 28.0. The molecule has 2 heteroatoms. The molecule has 1 aliphatic rings. The fourth-order valence-corrected chi connectivity index (χ4v) is 9.43. The van der Waals surface area contributed by atoms with Crippen LogP contribution in [-0.2, 0) is 5.41 Å². The van der Waals surface area contributed by atoms with Crippen molar-refractivity contribution < 1.29 is 0 Å². The zero-order valence-electron chi connectivity index (χ0n) is 32.0. The average molecular weight is 729 g/mol. The van der Waals surface area contributed by atoms with E-state index in [0.29, 0.717) is 0 Å². The molecule has 10 aromatic rings. The fourth-order valence-electron chi connectivity index (χ4n) is 9.43. The molecule has 0 saturated carbocycles. The molecule has 0 amide bonds. The average Bonchev–Trinajstić information content (AvgIpc) is 3.73. The fraction of sp³-hybridized carbons (Fsp3) is 0.0545. The van der Waals surface area contributed by atoms with Crippen molar-refractivity contribution >= 4 is 49.6 Å². The van der Waals surface area contributed by atoms with Gasteiger partial charge >= 0.3 is 0 Å². The molecule has 0 unspecified atom stereocenters. The van der Waals surface area contributed by atoms with E-state index in [1.165, 1.54) is 77.1 Å². The van der Waals surface area contributed by atoms with Gasteiger partial charge in [-0.3, -0.25) is 0 Å². The van der Waals surface area contributed by atoms with Gasteiger partial charge in [0.1, 0.15) is 0 Å². The summed E-state index contributed by atoms with van der Waals surface area (Å²) < 4.78 is 2.44. The number of hydrogen-bond donors (Lipinski definition) is 0. The minimum absolute atomic E-state index is 0.0403. The van der Waals surface area contributed by atoms with E-state index in [4.69, 9.17) is 0 Å². The first-order valence-electron chi connectivity index (χ1n) is 19.9. The standard InChI is InChI=1S/C55H40N2/c1-55(2)49-21-10-8-18-47(49)53-50(55)35-36-52-54(53)48-19-9-11-22-51(48)57(52)44-31-25-38(26-32-44)37-23-29-42(30-24-37)56(41-15-4-3-5-16-41)43-33-27-40(28-34-43)46-20-12-14-39-13-6-7-17-45(39)46/h3-36H,1-2H3. The molecule has 0 saturated heterocycles. The minimum atomic E-state index is -0.0403. The molecule has 1 aromatic heterocycles. The number of rotatable bonds is 6. The third-order valence-corrected chi connectivity index (χ3v) is 12.2. The zero-order chi connectivity index (χ0) is 38.1. The van der Waals surface area contributed by atoms with Crippen molar-refractivity contribution in [3.8, 4) is 39.1 Å². The Morgan fingerprint density at radius 2 is 0.947 bits per heavy atom. The van der Waals surface area contributed by atoms with Crippen molar-refractivity contribution in [1.29, 1.82) is 0 Å². The van der Waals surface area contributed by atoms with E-state index in [9.17, 15) is 0 Å². The second-order valence-electron chi connectivity index (χ2n) is 15.7. The second kappa shape index (κ2) is 13.0. The number of para-hydroxylation sites is 2. The molecule has 9 aromatic carbocycles. The smallest absolute Gasteiger partial charge is 0.0547 e. The number of aromatic nitrogens is 1. The van der Waals surface area contributed by atoms with Gasteiger partial charge < -0.3 is 9.47 Å². The number of hydrogen-bond acceptors (Lipinski definition) is 1. The van der Waals surface area contributed by atoms with Crippen LogP contribution in [0.15, 0.2) is 206 Å². The molecule has 11 rings (SSSR count). The van der Waals surface area contributed by atoms with E-state index in [1.54, 1.807) is 0 Å². The van der Waals surface area contributed by atoms with Gasteiger partial charge in [0.2, 0.25) is 0 Å². The summed E-state index contributed by atoms with van der Waals surface area (Å²) in [6.07, 6.45) is 0. The first kappa shape index (κ1) is 33.2. The summed E-state index contributed by atoms with van der Waals surface area (Å²) in [4.78, 5) is 2.33. The summed E-state index contributed by atoms with van der Waals surface area (Å²) >= 11 is 0. The third-order valence-electron chi connectivity index (χ3n) is 12.2. The number of benzene rings is 9. The first-order valence-corrected chi connectivity index (χ1v) is 19.9. The highest BCUT2D eigenvalue weighted by molar-refractivity contribution is 6.18. The Bertz CT molecular complexity index is 3110. The van der Waals surface area contributed by atoms with E-state index >= 15 is 0 Å². The molecule has 0 fully saturated rings. The monoisotopic (exact) mass is 728 g/mol. The van der Waals surface area contributed by atoms with Crippen LogP contribution >= 0.6 is 0 Å². The van der Waals surface area contributed by atoms with Gasteiger partial charge in [-0.25, -0.2) is 0 Å². The van der Waals surface area contributed by atoms with E-state index in [1.807, 2.05) is 0 Å². The molecular weight excluding hydrogens is 689 g/mol. The predicted molar refractivity (Wildman–Crippen MR) is 241 cm³/mol. The molecule has 57 heavy (non-hydrogen) atoms. The number of fused-ring (bicyclic) bond motifs is 8. The van der Waals surface area contributed by atoms with Crippen LogP contribution in [0.2, 0.25) is 0 Å². The van der Waals surface area contributed by atoms with Crippen molar-refractivity contribution in [3.05, 3.63) is 217 Å².